The van der Waals surface area contributed by atoms with E-state index in [0.717, 1.165) is 37.9 Å². The molecule has 0 aliphatic heterocycles. The van der Waals surface area contributed by atoms with Crippen molar-refractivity contribution in [2.24, 2.45) is 0 Å². The minimum Gasteiger partial charge on any atom is -0.489 e. The third-order valence-electron chi connectivity index (χ3n) is 7.05. The van der Waals surface area contributed by atoms with Gasteiger partial charge in [0.1, 0.15) is 5.75 Å². The Bertz CT molecular complexity index is 972. The van der Waals surface area contributed by atoms with Crippen molar-refractivity contribution in [2.45, 2.75) is 109 Å². The van der Waals surface area contributed by atoms with E-state index in [9.17, 15) is 4.79 Å². The van der Waals surface area contributed by atoms with E-state index in [1.165, 1.54) is 79.3 Å². The van der Waals surface area contributed by atoms with E-state index in [4.69, 9.17) is 9.84 Å². The highest BCUT2D eigenvalue weighted by molar-refractivity contribution is 6.05. The van der Waals surface area contributed by atoms with Gasteiger partial charge in [-0.15, -0.1) is 0 Å². The van der Waals surface area contributed by atoms with Gasteiger partial charge in [0.15, 0.2) is 0 Å². The summed E-state index contributed by atoms with van der Waals surface area (Å²) in [6.45, 7) is 2.27. The molecule has 3 aromatic carbocycles. The summed E-state index contributed by atoms with van der Waals surface area (Å²) in [6, 6.07) is 19.4. The summed E-state index contributed by atoms with van der Waals surface area (Å²) < 4.78 is 6.87. The normalized spacial score (nSPS) is 12.3. The molecule has 0 radical (unpaired) electrons. The highest BCUT2D eigenvalue weighted by atomic mass is 16.5. The molecule has 0 aliphatic carbocycles. The summed E-state index contributed by atoms with van der Waals surface area (Å²) in [5.41, 5.74) is 0. The Morgan fingerprint density at radius 3 is 1.74 bits per heavy atom. The van der Waals surface area contributed by atoms with Crippen LogP contribution in [0.15, 0.2) is 54.6 Å². The van der Waals surface area contributed by atoms with E-state index in [0.29, 0.717) is 6.42 Å². The quantitative estimate of drug-likeness (QED) is 0.147. The fourth-order valence-electron chi connectivity index (χ4n) is 5.04. The van der Waals surface area contributed by atoms with Crippen LogP contribution in [0.5, 0.6) is 5.75 Å². The zero-order chi connectivity index (χ0) is 24.7. The van der Waals surface area contributed by atoms with Crippen LogP contribution in [0.1, 0.15) is 103 Å². The van der Waals surface area contributed by atoms with Gasteiger partial charge in [-0.05, 0) is 48.9 Å². The minimum atomic E-state index is -0.680. The van der Waals surface area contributed by atoms with E-state index in [-0.39, 0.29) is 6.10 Å². The van der Waals surface area contributed by atoms with E-state index in [1.54, 1.807) is 0 Å². The maximum atomic E-state index is 10.7. The molecule has 0 saturated carbocycles. The molecule has 3 aromatic rings. The monoisotopic (exact) mass is 476 g/mol. The molecule has 0 heterocycles. The number of rotatable bonds is 18. The van der Waals surface area contributed by atoms with Crippen molar-refractivity contribution in [3.63, 3.8) is 0 Å². The molecular formula is C32H44O3. The number of unbranched alkanes of at least 4 members (excludes halogenated alkanes) is 10. The van der Waals surface area contributed by atoms with Crippen molar-refractivity contribution in [2.75, 3.05) is 0 Å². The summed E-state index contributed by atoms with van der Waals surface area (Å²) in [4.78, 5) is 10.7. The second-order valence-corrected chi connectivity index (χ2v) is 10.00. The lowest BCUT2D eigenvalue weighted by molar-refractivity contribution is -0.137. The van der Waals surface area contributed by atoms with Gasteiger partial charge in [-0.1, -0.05) is 113 Å². The molecule has 1 atom stereocenters. The molecule has 190 valence electrons. The van der Waals surface area contributed by atoms with Crippen LogP contribution in [0.2, 0.25) is 0 Å². The first-order valence-corrected chi connectivity index (χ1v) is 14.0. The summed E-state index contributed by atoms with van der Waals surface area (Å²) in [6.07, 6.45) is 17.0. The smallest absolute Gasteiger partial charge is 0.303 e. The Hall–Kier alpha value is -2.55. The largest absolute Gasteiger partial charge is 0.489 e. The molecule has 3 rings (SSSR count). The highest BCUT2D eigenvalue weighted by Gasteiger charge is 2.15. The fraction of sp³-hybridized carbons (Fsp3) is 0.531. The third-order valence-corrected chi connectivity index (χ3v) is 7.05. The van der Waals surface area contributed by atoms with Gasteiger partial charge in [-0.3, -0.25) is 4.79 Å². The minimum absolute atomic E-state index is 0.238. The van der Waals surface area contributed by atoms with Crippen LogP contribution in [0.25, 0.3) is 21.5 Å². The van der Waals surface area contributed by atoms with Gasteiger partial charge in [-0.25, -0.2) is 0 Å². The molecule has 0 amide bonds. The van der Waals surface area contributed by atoms with Crippen LogP contribution < -0.4 is 4.74 Å². The lowest BCUT2D eigenvalue weighted by Gasteiger charge is -2.22. The van der Waals surface area contributed by atoms with Gasteiger partial charge in [-0.2, -0.15) is 0 Å². The summed E-state index contributed by atoms with van der Waals surface area (Å²) >= 11 is 0. The maximum absolute atomic E-state index is 10.7. The standard InChI is InChI=1S/C32H44O3/c1-2-3-4-5-8-11-20-28(21-12-9-6-7-10-13-24-31(33)34)35-32-29-22-16-14-18-26(29)25-27-19-15-17-23-30(27)32/h14-19,22-23,25,28H,2-13,20-21,24H2,1H3,(H,33,34)/t28-/m0/s1. The number of aliphatic carboxylic acids is 1. The van der Waals surface area contributed by atoms with Crippen molar-refractivity contribution >= 4 is 27.5 Å². The summed E-state index contributed by atoms with van der Waals surface area (Å²) in [7, 11) is 0. The SMILES string of the molecule is CCCCCCCC[C@@H](CCCCCCCCC(=O)O)Oc1c2ccccc2cc2ccccc12. The molecule has 0 fully saturated rings. The van der Waals surface area contributed by atoms with E-state index >= 15 is 0 Å². The van der Waals surface area contributed by atoms with Gasteiger partial charge in [0.2, 0.25) is 0 Å². The highest BCUT2D eigenvalue weighted by Crippen LogP contribution is 2.36. The van der Waals surface area contributed by atoms with Crippen molar-refractivity contribution in [1.29, 1.82) is 0 Å². The van der Waals surface area contributed by atoms with Crippen LogP contribution in [0.3, 0.4) is 0 Å². The van der Waals surface area contributed by atoms with Gasteiger partial charge < -0.3 is 9.84 Å². The molecule has 3 nitrogen and oxygen atoms in total. The average Bonchev–Trinajstić information content (AvgIpc) is 2.87. The Labute approximate surface area is 211 Å². The second-order valence-electron chi connectivity index (χ2n) is 10.00. The number of carboxylic acids is 1. The number of hydrogen-bond acceptors (Lipinski definition) is 2. The van der Waals surface area contributed by atoms with Gasteiger partial charge in [0.25, 0.3) is 0 Å². The van der Waals surface area contributed by atoms with Gasteiger partial charge in [0, 0.05) is 17.2 Å². The summed E-state index contributed by atoms with van der Waals surface area (Å²) in [5, 5.41) is 13.7. The topological polar surface area (TPSA) is 46.5 Å². The van der Waals surface area contributed by atoms with Crippen LogP contribution in [0.4, 0.5) is 0 Å². The Balaban J connectivity index is 1.62. The molecule has 0 aromatic heterocycles. The first-order chi connectivity index (χ1) is 17.2. The van der Waals surface area contributed by atoms with Crippen LogP contribution >= 0.6 is 0 Å². The predicted octanol–water partition coefficient (Wildman–Crippen LogP) is 9.70. The molecule has 0 bridgehead atoms. The van der Waals surface area contributed by atoms with Crippen LogP contribution in [-0.4, -0.2) is 17.2 Å². The average molecular weight is 477 g/mol. The molecular weight excluding hydrogens is 432 g/mol. The van der Waals surface area contributed by atoms with E-state index in [1.807, 2.05) is 0 Å². The van der Waals surface area contributed by atoms with E-state index < -0.39 is 5.97 Å². The lowest BCUT2D eigenvalue weighted by Crippen LogP contribution is -2.17. The van der Waals surface area contributed by atoms with Crippen LogP contribution in [0, 0.1) is 0 Å². The number of fused-ring (bicyclic) bond motifs is 2. The molecule has 1 N–H and O–H groups in total. The number of carboxylic acid groups (broad SMARTS) is 1. The maximum Gasteiger partial charge on any atom is 0.303 e. The zero-order valence-electron chi connectivity index (χ0n) is 21.6. The van der Waals surface area contributed by atoms with Crippen molar-refractivity contribution in [1.82, 2.24) is 0 Å². The Morgan fingerprint density at radius 1 is 0.714 bits per heavy atom. The van der Waals surface area contributed by atoms with E-state index in [2.05, 4.69) is 61.5 Å². The second kappa shape index (κ2) is 15.4. The molecule has 0 saturated heterocycles. The molecule has 0 spiro atoms. The van der Waals surface area contributed by atoms with Gasteiger partial charge in [0.05, 0.1) is 6.10 Å². The third kappa shape index (κ3) is 9.20. The molecule has 0 unspecified atom stereocenters. The molecule has 0 aliphatic rings. The molecule has 35 heavy (non-hydrogen) atoms. The molecule has 3 heteroatoms. The Kier molecular flexibility index (Phi) is 11.9. The van der Waals surface area contributed by atoms with Crippen LogP contribution in [-0.2, 0) is 4.79 Å². The summed E-state index contributed by atoms with van der Waals surface area (Å²) in [5.74, 6) is 0.365. The fourth-order valence-corrected chi connectivity index (χ4v) is 5.04. The van der Waals surface area contributed by atoms with Crippen molar-refractivity contribution in [3.8, 4) is 5.75 Å². The first-order valence-electron chi connectivity index (χ1n) is 14.0. The number of carbonyl (C=O) groups is 1. The first kappa shape index (κ1) is 27.0. The van der Waals surface area contributed by atoms with Gasteiger partial charge >= 0.3 is 5.97 Å². The number of hydrogen-bond donors (Lipinski definition) is 1. The van der Waals surface area contributed by atoms with Crippen molar-refractivity contribution in [3.05, 3.63) is 54.6 Å². The number of benzene rings is 3. The lowest BCUT2D eigenvalue weighted by atomic mass is 10.00. The van der Waals surface area contributed by atoms with Crippen molar-refractivity contribution < 1.29 is 14.6 Å². The zero-order valence-corrected chi connectivity index (χ0v) is 21.6. The predicted molar refractivity (Wildman–Crippen MR) is 148 cm³/mol. The number of ether oxygens (including phenoxy) is 1. The Morgan fingerprint density at radius 2 is 1.20 bits per heavy atom.